The summed E-state index contributed by atoms with van der Waals surface area (Å²) in [5.41, 5.74) is 9.83. The van der Waals surface area contributed by atoms with Gasteiger partial charge in [0, 0.05) is 23.0 Å². The van der Waals surface area contributed by atoms with Crippen LogP contribution >= 0.6 is 0 Å². The fraction of sp³-hybridized carbons (Fsp3) is 0.118. The molecule has 0 aromatic heterocycles. The van der Waals surface area contributed by atoms with Crippen molar-refractivity contribution in [2.45, 2.75) is 20.3 Å². The van der Waals surface area contributed by atoms with Gasteiger partial charge in [0.05, 0.1) is 0 Å². The molecule has 0 spiro atoms. The highest BCUT2D eigenvalue weighted by molar-refractivity contribution is 5.91. The largest absolute Gasteiger partial charge is 0.314 e. The molecule has 35 heavy (non-hydrogen) atoms. The molecule has 5 rings (SSSR count). The van der Waals surface area contributed by atoms with Gasteiger partial charge in [-0.25, -0.2) is 0 Å². The van der Waals surface area contributed by atoms with Gasteiger partial charge in [-0.2, -0.15) is 0 Å². The van der Waals surface area contributed by atoms with Crippen LogP contribution in [0, 0.1) is 12.8 Å². The van der Waals surface area contributed by atoms with Crippen molar-refractivity contribution in [2.24, 2.45) is 5.92 Å². The Balaban J connectivity index is 1.54. The predicted molar refractivity (Wildman–Crippen MR) is 151 cm³/mol. The van der Waals surface area contributed by atoms with Crippen LogP contribution < -0.4 is 4.90 Å². The Hall–Kier alpha value is -4.10. The normalized spacial score (nSPS) is 14.8. The van der Waals surface area contributed by atoms with Crippen molar-refractivity contribution in [1.82, 2.24) is 0 Å². The molecule has 0 saturated carbocycles. The molecule has 0 heterocycles. The fourth-order valence-electron chi connectivity index (χ4n) is 4.63. The number of hydrogen-bond donors (Lipinski definition) is 0. The van der Waals surface area contributed by atoms with E-state index in [-0.39, 0.29) is 0 Å². The van der Waals surface area contributed by atoms with Gasteiger partial charge in [-0.1, -0.05) is 110 Å². The third-order valence-electron chi connectivity index (χ3n) is 6.58. The van der Waals surface area contributed by atoms with E-state index in [1.807, 2.05) is 0 Å². The topological polar surface area (TPSA) is 3.24 Å². The summed E-state index contributed by atoms with van der Waals surface area (Å²) in [5, 5.41) is 0. The highest BCUT2D eigenvalue weighted by Gasteiger charge is 2.20. The van der Waals surface area contributed by atoms with Crippen LogP contribution in [0.15, 0.2) is 133 Å². The van der Waals surface area contributed by atoms with Crippen molar-refractivity contribution in [3.05, 3.63) is 155 Å². The van der Waals surface area contributed by atoms with E-state index in [2.05, 4.69) is 152 Å². The Labute approximate surface area is 209 Å². The van der Waals surface area contributed by atoms with Crippen LogP contribution in [0.4, 0.5) is 11.4 Å². The van der Waals surface area contributed by atoms with E-state index in [4.69, 9.17) is 0 Å². The zero-order valence-corrected chi connectivity index (χ0v) is 20.4. The van der Waals surface area contributed by atoms with E-state index in [0.717, 1.165) is 6.42 Å². The average molecular weight is 454 g/mol. The van der Waals surface area contributed by atoms with Crippen LogP contribution in [-0.4, -0.2) is 0 Å². The Bertz CT molecular complexity index is 1300. The monoisotopic (exact) mass is 453 g/mol. The lowest BCUT2D eigenvalue weighted by atomic mass is 9.95. The van der Waals surface area contributed by atoms with Gasteiger partial charge in [-0.3, -0.25) is 0 Å². The summed E-state index contributed by atoms with van der Waals surface area (Å²) in [4.78, 5) is 2.40. The molecule has 4 aromatic carbocycles. The molecule has 1 aliphatic rings. The molecule has 0 saturated heterocycles. The maximum Gasteiger partial charge on any atom is 0.0458 e. The van der Waals surface area contributed by atoms with Crippen LogP contribution in [0.2, 0.25) is 0 Å². The van der Waals surface area contributed by atoms with Crippen molar-refractivity contribution in [2.75, 3.05) is 4.90 Å². The van der Waals surface area contributed by atoms with Gasteiger partial charge < -0.3 is 4.90 Å². The van der Waals surface area contributed by atoms with Crippen LogP contribution in [-0.2, 0) is 0 Å². The van der Waals surface area contributed by atoms with Gasteiger partial charge in [-0.05, 0) is 72.0 Å². The number of anilines is 2. The maximum absolute atomic E-state index is 2.40. The van der Waals surface area contributed by atoms with E-state index in [9.17, 15) is 0 Å². The summed E-state index contributed by atoms with van der Waals surface area (Å²) in [7, 11) is 0. The van der Waals surface area contributed by atoms with E-state index >= 15 is 0 Å². The van der Waals surface area contributed by atoms with Crippen molar-refractivity contribution in [3.63, 3.8) is 0 Å². The standard InChI is InChI=1S/C34H31N/c1-26-17-21-31(22-18-26)35(34-16-10-9-11-27(34)2)32-23-19-28(20-24-32)25-33(29-12-5-3-6-13-29)30-14-7-4-8-15-30/h3-10,12-25,27H,11H2,1-2H3. The molecule has 0 radical (unpaired) electrons. The lowest BCUT2D eigenvalue weighted by molar-refractivity contribution is 0.670. The summed E-state index contributed by atoms with van der Waals surface area (Å²) in [6, 6.07) is 39.0. The number of aryl methyl sites for hydroxylation is 1. The summed E-state index contributed by atoms with van der Waals surface area (Å²) >= 11 is 0. The Morgan fingerprint density at radius 2 is 1.26 bits per heavy atom. The number of nitrogens with zero attached hydrogens (tertiary/aromatic N) is 1. The lowest BCUT2D eigenvalue weighted by Crippen LogP contribution is -2.22. The van der Waals surface area contributed by atoms with Crippen LogP contribution in [0.1, 0.15) is 35.6 Å². The minimum Gasteiger partial charge on any atom is -0.314 e. The molecule has 1 aliphatic carbocycles. The molecule has 0 N–H and O–H groups in total. The lowest BCUT2D eigenvalue weighted by Gasteiger charge is -2.32. The first-order chi connectivity index (χ1) is 17.2. The number of allylic oxidation sites excluding steroid dienone is 4. The van der Waals surface area contributed by atoms with Crippen molar-refractivity contribution >= 4 is 23.0 Å². The molecule has 1 unspecified atom stereocenters. The third-order valence-corrected chi connectivity index (χ3v) is 6.58. The molecule has 172 valence electrons. The minimum atomic E-state index is 0.462. The first-order valence-electron chi connectivity index (χ1n) is 12.4. The molecule has 0 bridgehead atoms. The van der Waals surface area contributed by atoms with Gasteiger partial charge in [0.1, 0.15) is 0 Å². The third kappa shape index (κ3) is 5.20. The van der Waals surface area contributed by atoms with Crippen LogP contribution in [0.25, 0.3) is 11.6 Å². The molecular weight excluding hydrogens is 422 g/mol. The Morgan fingerprint density at radius 1 is 0.714 bits per heavy atom. The molecule has 1 nitrogen and oxygen atoms in total. The van der Waals surface area contributed by atoms with E-state index < -0.39 is 0 Å². The zero-order valence-electron chi connectivity index (χ0n) is 20.4. The SMILES string of the molecule is Cc1ccc(N(C2=CC=CCC2C)c2ccc(C=C(c3ccccc3)c3ccccc3)cc2)cc1. The zero-order chi connectivity index (χ0) is 24.0. The van der Waals surface area contributed by atoms with Crippen molar-refractivity contribution < 1.29 is 0 Å². The van der Waals surface area contributed by atoms with Crippen molar-refractivity contribution in [3.8, 4) is 0 Å². The first-order valence-corrected chi connectivity index (χ1v) is 12.4. The highest BCUT2D eigenvalue weighted by Crippen LogP contribution is 2.36. The van der Waals surface area contributed by atoms with E-state index in [1.54, 1.807) is 0 Å². The summed E-state index contributed by atoms with van der Waals surface area (Å²) in [5.74, 6) is 0.462. The van der Waals surface area contributed by atoms with Gasteiger partial charge >= 0.3 is 0 Å². The summed E-state index contributed by atoms with van der Waals surface area (Å²) < 4.78 is 0. The van der Waals surface area contributed by atoms with Gasteiger partial charge in [0.2, 0.25) is 0 Å². The van der Waals surface area contributed by atoms with E-state index in [1.165, 1.54) is 44.9 Å². The predicted octanol–water partition coefficient (Wildman–Crippen LogP) is 9.20. The molecule has 1 heteroatoms. The maximum atomic E-state index is 2.40. The average Bonchev–Trinajstić information content (AvgIpc) is 2.91. The van der Waals surface area contributed by atoms with Crippen molar-refractivity contribution in [1.29, 1.82) is 0 Å². The van der Waals surface area contributed by atoms with Gasteiger partial charge in [-0.15, -0.1) is 0 Å². The number of rotatable bonds is 6. The fourth-order valence-corrected chi connectivity index (χ4v) is 4.63. The van der Waals surface area contributed by atoms with Gasteiger partial charge in [0.25, 0.3) is 0 Å². The quantitative estimate of drug-likeness (QED) is 0.263. The number of hydrogen-bond acceptors (Lipinski definition) is 1. The second-order valence-corrected chi connectivity index (χ2v) is 9.21. The Kier molecular flexibility index (Phi) is 6.77. The van der Waals surface area contributed by atoms with E-state index in [0.29, 0.717) is 5.92 Å². The summed E-state index contributed by atoms with van der Waals surface area (Å²) in [6.07, 6.45) is 10.0. The highest BCUT2D eigenvalue weighted by atomic mass is 15.2. The summed E-state index contributed by atoms with van der Waals surface area (Å²) in [6.45, 7) is 4.44. The molecule has 4 aromatic rings. The second-order valence-electron chi connectivity index (χ2n) is 9.21. The smallest absolute Gasteiger partial charge is 0.0458 e. The molecule has 0 fully saturated rings. The molecule has 1 atom stereocenters. The second kappa shape index (κ2) is 10.4. The van der Waals surface area contributed by atoms with Crippen LogP contribution in [0.3, 0.4) is 0 Å². The molecule has 0 amide bonds. The van der Waals surface area contributed by atoms with Crippen LogP contribution in [0.5, 0.6) is 0 Å². The number of benzene rings is 4. The Morgan fingerprint density at radius 3 is 1.80 bits per heavy atom. The molecular formula is C34H31N. The first kappa shape index (κ1) is 22.7. The van der Waals surface area contributed by atoms with Gasteiger partial charge in [0.15, 0.2) is 0 Å². The molecule has 0 aliphatic heterocycles. The minimum absolute atomic E-state index is 0.462.